The number of nitrogens with zero attached hydrogens (tertiary/aromatic N) is 2. The van der Waals surface area contributed by atoms with Crippen LogP contribution in [0.5, 0.6) is 0 Å². The molecule has 1 aromatic rings. The van der Waals surface area contributed by atoms with Crippen LogP contribution in [0.3, 0.4) is 0 Å². The highest BCUT2D eigenvalue weighted by Crippen LogP contribution is 2.32. The lowest BCUT2D eigenvalue weighted by atomic mass is 10.1. The Labute approximate surface area is 94.8 Å². The predicted molar refractivity (Wildman–Crippen MR) is 63.7 cm³/mol. The molecule has 4 heteroatoms. The van der Waals surface area contributed by atoms with E-state index in [1.807, 2.05) is 13.1 Å². The van der Waals surface area contributed by atoms with Gasteiger partial charge in [-0.2, -0.15) is 0 Å². The molecule has 0 amide bonds. The van der Waals surface area contributed by atoms with Gasteiger partial charge in [-0.1, -0.05) is 13.8 Å². The monoisotopic (exact) mass is 226 g/mol. The van der Waals surface area contributed by atoms with Crippen LogP contribution >= 0.6 is 11.3 Å². The second kappa shape index (κ2) is 3.76. The Morgan fingerprint density at radius 3 is 2.80 bits per heavy atom. The van der Waals surface area contributed by atoms with Crippen LogP contribution in [-0.2, 0) is 0 Å². The van der Waals surface area contributed by atoms with Gasteiger partial charge in [-0.25, -0.2) is 4.98 Å². The van der Waals surface area contributed by atoms with Gasteiger partial charge in [0.25, 0.3) is 0 Å². The molecule has 1 aliphatic rings. The molecule has 1 aliphatic heterocycles. The van der Waals surface area contributed by atoms with Crippen LogP contribution in [0.4, 0.5) is 5.13 Å². The number of rotatable bonds is 2. The van der Waals surface area contributed by atoms with Crippen molar-refractivity contribution in [2.45, 2.75) is 38.7 Å². The molecule has 0 radical (unpaired) electrons. The topological polar surface area (TPSA) is 36.4 Å². The number of anilines is 1. The first kappa shape index (κ1) is 10.9. The third kappa shape index (κ3) is 2.32. The third-order valence-corrected chi connectivity index (χ3v) is 4.16. The van der Waals surface area contributed by atoms with E-state index in [9.17, 15) is 5.11 Å². The first-order valence-corrected chi connectivity index (χ1v) is 6.23. The summed E-state index contributed by atoms with van der Waals surface area (Å²) in [4.78, 5) is 7.91. The minimum atomic E-state index is -0.538. The maximum atomic E-state index is 9.88. The van der Waals surface area contributed by atoms with Crippen molar-refractivity contribution >= 4 is 16.5 Å². The van der Waals surface area contributed by atoms with Crippen LogP contribution < -0.4 is 4.90 Å². The molecule has 1 aromatic heterocycles. The molecule has 0 unspecified atom stereocenters. The summed E-state index contributed by atoms with van der Waals surface area (Å²) in [7, 11) is 0. The fourth-order valence-corrected chi connectivity index (χ4v) is 2.74. The Balaban J connectivity index is 2.11. The number of aromatic nitrogens is 1. The van der Waals surface area contributed by atoms with Crippen LogP contribution in [0, 0.1) is 0 Å². The second-order valence-electron chi connectivity index (χ2n) is 4.87. The van der Waals surface area contributed by atoms with Crippen molar-refractivity contribution in [3.05, 3.63) is 11.1 Å². The van der Waals surface area contributed by atoms with E-state index in [1.165, 1.54) is 4.88 Å². The Hall–Kier alpha value is -0.610. The molecule has 1 atom stereocenters. The number of aliphatic hydroxyl groups is 1. The molecule has 2 heterocycles. The SMILES string of the molecule is CC(C)c1cnc(N2CC[C@](C)(O)C2)s1. The summed E-state index contributed by atoms with van der Waals surface area (Å²) >= 11 is 1.74. The fraction of sp³-hybridized carbons (Fsp3) is 0.727. The molecule has 0 bridgehead atoms. The van der Waals surface area contributed by atoms with Crippen LogP contribution in [0.15, 0.2) is 6.20 Å². The zero-order valence-electron chi connectivity index (χ0n) is 9.53. The first-order valence-electron chi connectivity index (χ1n) is 5.41. The van der Waals surface area contributed by atoms with Crippen LogP contribution in [0.2, 0.25) is 0 Å². The summed E-state index contributed by atoms with van der Waals surface area (Å²) in [6.45, 7) is 7.87. The lowest BCUT2D eigenvalue weighted by Crippen LogP contribution is -2.29. The smallest absolute Gasteiger partial charge is 0.185 e. The van der Waals surface area contributed by atoms with E-state index >= 15 is 0 Å². The van der Waals surface area contributed by atoms with Crippen LogP contribution in [0.25, 0.3) is 0 Å². The molecule has 0 saturated carbocycles. The summed E-state index contributed by atoms with van der Waals surface area (Å²) in [6, 6.07) is 0. The van der Waals surface area contributed by atoms with E-state index in [-0.39, 0.29) is 0 Å². The van der Waals surface area contributed by atoms with E-state index in [0.717, 1.165) is 18.1 Å². The zero-order chi connectivity index (χ0) is 11.1. The lowest BCUT2D eigenvalue weighted by molar-refractivity contribution is 0.0839. The first-order chi connectivity index (χ1) is 6.98. The van der Waals surface area contributed by atoms with Crippen molar-refractivity contribution in [1.29, 1.82) is 0 Å². The van der Waals surface area contributed by atoms with Crippen molar-refractivity contribution < 1.29 is 5.11 Å². The fourth-order valence-electron chi connectivity index (χ4n) is 1.80. The minimum Gasteiger partial charge on any atom is -0.388 e. The molecule has 1 fully saturated rings. The highest BCUT2D eigenvalue weighted by atomic mass is 32.1. The highest BCUT2D eigenvalue weighted by Gasteiger charge is 2.32. The number of hydrogen-bond acceptors (Lipinski definition) is 4. The Morgan fingerprint density at radius 2 is 2.33 bits per heavy atom. The van der Waals surface area contributed by atoms with Gasteiger partial charge in [-0.15, -0.1) is 11.3 Å². The lowest BCUT2D eigenvalue weighted by Gasteiger charge is -2.17. The third-order valence-electron chi connectivity index (χ3n) is 2.80. The molecule has 84 valence electrons. The average molecular weight is 226 g/mol. The molecular formula is C11H18N2OS. The van der Waals surface area contributed by atoms with E-state index < -0.39 is 5.60 Å². The van der Waals surface area contributed by atoms with Gasteiger partial charge in [0, 0.05) is 24.2 Å². The van der Waals surface area contributed by atoms with Crippen molar-refractivity contribution in [2.24, 2.45) is 0 Å². The van der Waals surface area contributed by atoms with Crippen molar-refractivity contribution in [2.75, 3.05) is 18.0 Å². The molecule has 0 spiro atoms. The standard InChI is InChI=1S/C11H18N2OS/c1-8(2)9-6-12-10(15-9)13-5-4-11(3,14)7-13/h6,8,14H,4-5,7H2,1-3H3/t11-/m0/s1. The number of β-amino-alcohol motifs (C(OH)–C–C–N with tert-alkyl or cyclic N) is 1. The van der Waals surface area contributed by atoms with Gasteiger partial charge in [0.05, 0.1) is 5.60 Å². The van der Waals surface area contributed by atoms with Crippen LogP contribution in [0.1, 0.15) is 38.0 Å². The van der Waals surface area contributed by atoms with Crippen molar-refractivity contribution in [3.63, 3.8) is 0 Å². The molecule has 0 aromatic carbocycles. The second-order valence-corrected chi connectivity index (χ2v) is 5.91. The molecule has 0 aliphatic carbocycles. The van der Waals surface area contributed by atoms with Gasteiger partial charge in [0.15, 0.2) is 5.13 Å². The van der Waals surface area contributed by atoms with E-state index in [4.69, 9.17) is 0 Å². The molecule has 15 heavy (non-hydrogen) atoms. The van der Waals surface area contributed by atoms with Gasteiger partial charge in [-0.3, -0.25) is 0 Å². The van der Waals surface area contributed by atoms with Gasteiger partial charge in [0.1, 0.15) is 0 Å². The molecule has 3 nitrogen and oxygen atoms in total. The van der Waals surface area contributed by atoms with Crippen LogP contribution in [-0.4, -0.2) is 28.8 Å². The number of hydrogen-bond donors (Lipinski definition) is 1. The Kier molecular flexibility index (Phi) is 2.73. The highest BCUT2D eigenvalue weighted by molar-refractivity contribution is 7.15. The minimum absolute atomic E-state index is 0.538. The summed E-state index contributed by atoms with van der Waals surface area (Å²) in [5.74, 6) is 0.541. The Bertz CT molecular complexity index is 346. The summed E-state index contributed by atoms with van der Waals surface area (Å²) in [5.41, 5.74) is -0.538. The van der Waals surface area contributed by atoms with E-state index in [0.29, 0.717) is 12.5 Å². The number of thiazole rings is 1. The van der Waals surface area contributed by atoms with Crippen molar-refractivity contribution in [1.82, 2.24) is 4.98 Å². The maximum Gasteiger partial charge on any atom is 0.185 e. The van der Waals surface area contributed by atoms with E-state index in [1.54, 1.807) is 11.3 Å². The molecular weight excluding hydrogens is 208 g/mol. The van der Waals surface area contributed by atoms with Crippen molar-refractivity contribution in [3.8, 4) is 0 Å². The molecule has 2 rings (SSSR count). The predicted octanol–water partition coefficient (Wildman–Crippen LogP) is 2.23. The Morgan fingerprint density at radius 1 is 1.60 bits per heavy atom. The van der Waals surface area contributed by atoms with Gasteiger partial charge in [0.2, 0.25) is 0 Å². The van der Waals surface area contributed by atoms with Gasteiger partial charge < -0.3 is 10.0 Å². The quantitative estimate of drug-likeness (QED) is 0.840. The van der Waals surface area contributed by atoms with E-state index in [2.05, 4.69) is 23.7 Å². The average Bonchev–Trinajstić information content (AvgIpc) is 2.70. The molecule has 1 N–H and O–H groups in total. The zero-order valence-corrected chi connectivity index (χ0v) is 10.3. The van der Waals surface area contributed by atoms with Gasteiger partial charge >= 0.3 is 0 Å². The normalized spacial score (nSPS) is 26.6. The summed E-state index contributed by atoms with van der Waals surface area (Å²) < 4.78 is 0. The van der Waals surface area contributed by atoms with Gasteiger partial charge in [-0.05, 0) is 19.3 Å². The maximum absolute atomic E-state index is 9.88. The summed E-state index contributed by atoms with van der Waals surface area (Å²) in [6.07, 6.45) is 2.79. The summed E-state index contributed by atoms with van der Waals surface area (Å²) in [5, 5.41) is 10.9. The largest absolute Gasteiger partial charge is 0.388 e. The molecule has 1 saturated heterocycles.